The third-order valence-electron chi connectivity index (χ3n) is 2.69. The predicted octanol–water partition coefficient (Wildman–Crippen LogP) is 4.84. The van der Waals surface area contributed by atoms with Crippen LogP contribution in [-0.4, -0.2) is 5.78 Å². The van der Waals surface area contributed by atoms with Crippen LogP contribution >= 0.6 is 0 Å². The van der Waals surface area contributed by atoms with Gasteiger partial charge in [-0.1, -0.05) is 48.5 Å². The summed E-state index contributed by atoms with van der Waals surface area (Å²) in [5.41, 5.74) is 0.785. The quantitative estimate of drug-likeness (QED) is 0.655. The second kappa shape index (κ2) is 4.89. The zero-order valence-electron chi connectivity index (χ0n) is 12.5. The lowest BCUT2D eigenvalue weighted by Gasteiger charge is -2.38. The molecule has 0 aliphatic carbocycles. The zero-order chi connectivity index (χ0) is 13.2. The molecule has 96 valence electrons. The Morgan fingerprint density at radius 3 is 1.56 bits per heavy atom. The number of carbonyl (C=O) groups excluding carboxylic acids is 1. The van der Waals surface area contributed by atoms with E-state index in [-0.39, 0.29) is 5.41 Å². The van der Waals surface area contributed by atoms with E-state index < -0.39 is 0 Å². The maximum absolute atomic E-state index is 11.2. The summed E-state index contributed by atoms with van der Waals surface area (Å²) in [6, 6.07) is 0. The fourth-order valence-corrected chi connectivity index (χ4v) is 3.53. The van der Waals surface area contributed by atoms with Crippen LogP contribution in [0.5, 0.6) is 0 Å². The minimum Gasteiger partial charge on any atom is -0.300 e. The zero-order valence-corrected chi connectivity index (χ0v) is 12.5. The lowest BCUT2D eigenvalue weighted by molar-refractivity contribution is -0.119. The van der Waals surface area contributed by atoms with E-state index in [1.807, 2.05) is 0 Å². The molecule has 0 aromatic carbocycles. The van der Waals surface area contributed by atoms with Crippen LogP contribution in [0.15, 0.2) is 0 Å². The monoisotopic (exact) mass is 226 g/mol. The van der Waals surface area contributed by atoms with Crippen molar-refractivity contribution >= 4 is 5.78 Å². The molecule has 0 aromatic heterocycles. The van der Waals surface area contributed by atoms with Crippen molar-refractivity contribution < 1.29 is 4.79 Å². The van der Waals surface area contributed by atoms with Gasteiger partial charge in [0.2, 0.25) is 0 Å². The maximum Gasteiger partial charge on any atom is 0.130 e. The highest BCUT2D eigenvalue weighted by Crippen LogP contribution is 2.43. The lowest BCUT2D eigenvalue weighted by atomic mass is 9.67. The van der Waals surface area contributed by atoms with E-state index in [0.717, 1.165) is 6.42 Å². The molecule has 0 saturated carbocycles. The van der Waals surface area contributed by atoms with Crippen LogP contribution in [-0.2, 0) is 4.79 Å². The van der Waals surface area contributed by atoms with Crippen LogP contribution in [0.4, 0.5) is 0 Å². The first-order chi connectivity index (χ1) is 6.83. The molecule has 0 unspecified atom stereocenters. The van der Waals surface area contributed by atoms with Crippen LogP contribution in [0.2, 0.25) is 0 Å². The average Bonchev–Trinajstić information content (AvgIpc) is 1.69. The standard InChI is InChI=1S/C15H30O/c1-12(16)9-14(5,6)11-15(7,8)10-13(2,3)4/h9-11H2,1-8H3. The number of ketones is 1. The summed E-state index contributed by atoms with van der Waals surface area (Å²) in [7, 11) is 0. The van der Waals surface area contributed by atoms with Gasteiger partial charge in [0.1, 0.15) is 5.78 Å². The topological polar surface area (TPSA) is 17.1 Å². The van der Waals surface area contributed by atoms with Crippen LogP contribution in [0.3, 0.4) is 0 Å². The largest absolute Gasteiger partial charge is 0.300 e. The molecule has 0 saturated heterocycles. The first-order valence-corrected chi connectivity index (χ1v) is 6.33. The second-order valence-electron chi connectivity index (χ2n) is 8.12. The minimum atomic E-state index is 0.126. The Balaban J connectivity index is 4.51. The molecule has 0 amide bonds. The molecule has 0 aliphatic rings. The van der Waals surface area contributed by atoms with Crippen molar-refractivity contribution in [3.05, 3.63) is 0 Å². The van der Waals surface area contributed by atoms with E-state index >= 15 is 0 Å². The van der Waals surface area contributed by atoms with Gasteiger partial charge < -0.3 is 4.79 Å². The number of Topliss-reactive ketones (excluding diaryl/α,β-unsaturated/α-hetero) is 1. The highest BCUT2D eigenvalue weighted by Gasteiger charge is 2.32. The molecule has 0 heterocycles. The summed E-state index contributed by atoms with van der Waals surface area (Å²) in [5.74, 6) is 0.302. The van der Waals surface area contributed by atoms with Crippen molar-refractivity contribution in [2.75, 3.05) is 0 Å². The maximum atomic E-state index is 11.2. The summed E-state index contributed by atoms with van der Waals surface area (Å²) in [4.78, 5) is 11.2. The molecule has 0 spiro atoms. The third kappa shape index (κ3) is 7.90. The van der Waals surface area contributed by atoms with Crippen molar-refractivity contribution in [2.45, 2.75) is 74.7 Å². The van der Waals surface area contributed by atoms with Crippen LogP contribution < -0.4 is 0 Å². The van der Waals surface area contributed by atoms with Gasteiger partial charge in [0, 0.05) is 6.42 Å². The van der Waals surface area contributed by atoms with Gasteiger partial charge in [0.15, 0.2) is 0 Å². The number of carbonyl (C=O) groups is 1. The molecule has 0 fully saturated rings. The minimum absolute atomic E-state index is 0.126. The van der Waals surface area contributed by atoms with Gasteiger partial charge in [-0.3, -0.25) is 0 Å². The normalized spacial score (nSPS) is 14.0. The van der Waals surface area contributed by atoms with Crippen LogP contribution in [0.1, 0.15) is 74.7 Å². The molecule has 0 N–H and O–H groups in total. The lowest BCUT2D eigenvalue weighted by Crippen LogP contribution is -2.28. The summed E-state index contributed by atoms with van der Waals surface area (Å²) < 4.78 is 0. The Labute approximate surface area is 102 Å². The molecule has 0 rings (SSSR count). The first-order valence-electron chi connectivity index (χ1n) is 6.33. The molecular formula is C15H30O. The molecule has 16 heavy (non-hydrogen) atoms. The Morgan fingerprint density at radius 2 is 1.25 bits per heavy atom. The molecular weight excluding hydrogens is 196 g/mol. The fraction of sp³-hybridized carbons (Fsp3) is 0.933. The first kappa shape index (κ1) is 15.7. The second-order valence-corrected chi connectivity index (χ2v) is 8.12. The summed E-state index contributed by atoms with van der Waals surface area (Å²) in [6.45, 7) is 17.6. The fourth-order valence-electron chi connectivity index (χ4n) is 3.53. The van der Waals surface area contributed by atoms with Crippen LogP contribution in [0.25, 0.3) is 0 Å². The molecule has 1 nitrogen and oxygen atoms in total. The number of hydrogen-bond acceptors (Lipinski definition) is 1. The number of rotatable bonds is 5. The van der Waals surface area contributed by atoms with Crippen molar-refractivity contribution in [1.29, 1.82) is 0 Å². The van der Waals surface area contributed by atoms with Gasteiger partial charge in [-0.2, -0.15) is 0 Å². The molecule has 0 aliphatic heterocycles. The van der Waals surface area contributed by atoms with Gasteiger partial charge in [-0.25, -0.2) is 0 Å². The van der Waals surface area contributed by atoms with Gasteiger partial charge >= 0.3 is 0 Å². The van der Waals surface area contributed by atoms with Gasteiger partial charge in [0.05, 0.1) is 0 Å². The molecule has 0 bridgehead atoms. The predicted molar refractivity (Wildman–Crippen MR) is 71.5 cm³/mol. The molecule has 0 atom stereocenters. The summed E-state index contributed by atoms with van der Waals surface area (Å²) in [5, 5.41) is 0. The Hall–Kier alpha value is -0.330. The summed E-state index contributed by atoms with van der Waals surface area (Å²) in [6.07, 6.45) is 3.00. The average molecular weight is 226 g/mol. The van der Waals surface area contributed by atoms with Gasteiger partial charge in [-0.05, 0) is 36.0 Å². The smallest absolute Gasteiger partial charge is 0.130 e. The van der Waals surface area contributed by atoms with E-state index in [4.69, 9.17) is 0 Å². The van der Waals surface area contributed by atoms with E-state index in [0.29, 0.717) is 23.0 Å². The highest BCUT2D eigenvalue weighted by atomic mass is 16.1. The van der Waals surface area contributed by atoms with E-state index in [1.165, 1.54) is 6.42 Å². The van der Waals surface area contributed by atoms with Crippen molar-refractivity contribution in [3.8, 4) is 0 Å². The Morgan fingerprint density at radius 1 is 0.812 bits per heavy atom. The van der Waals surface area contributed by atoms with Gasteiger partial charge in [-0.15, -0.1) is 0 Å². The van der Waals surface area contributed by atoms with E-state index in [2.05, 4.69) is 48.5 Å². The summed E-state index contributed by atoms with van der Waals surface area (Å²) >= 11 is 0. The molecule has 0 radical (unpaired) electrons. The van der Waals surface area contributed by atoms with Crippen molar-refractivity contribution in [3.63, 3.8) is 0 Å². The Kier molecular flexibility index (Phi) is 4.79. The van der Waals surface area contributed by atoms with E-state index in [9.17, 15) is 4.79 Å². The van der Waals surface area contributed by atoms with Crippen molar-refractivity contribution in [2.24, 2.45) is 16.2 Å². The highest BCUT2D eigenvalue weighted by molar-refractivity contribution is 5.76. The van der Waals surface area contributed by atoms with Crippen LogP contribution in [0, 0.1) is 16.2 Å². The molecule has 0 aromatic rings. The van der Waals surface area contributed by atoms with E-state index in [1.54, 1.807) is 6.92 Å². The SMILES string of the molecule is CC(=O)CC(C)(C)CC(C)(C)CC(C)(C)C. The number of hydrogen-bond donors (Lipinski definition) is 0. The Bertz CT molecular complexity index is 241. The third-order valence-corrected chi connectivity index (χ3v) is 2.69. The molecule has 1 heteroatoms. The van der Waals surface area contributed by atoms with Crippen molar-refractivity contribution in [1.82, 2.24) is 0 Å². The van der Waals surface area contributed by atoms with Gasteiger partial charge in [0.25, 0.3) is 0 Å².